The Morgan fingerprint density at radius 2 is 1.93 bits per heavy atom. The molecular formula is C20H26N2O5S. The van der Waals surface area contributed by atoms with E-state index in [1.165, 1.54) is 11.3 Å². The van der Waals surface area contributed by atoms with Crippen LogP contribution in [0.1, 0.15) is 59.8 Å². The van der Waals surface area contributed by atoms with Crippen LogP contribution in [0.15, 0.2) is 0 Å². The summed E-state index contributed by atoms with van der Waals surface area (Å²) in [6.07, 6.45) is 5.57. The van der Waals surface area contributed by atoms with E-state index in [9.17, 15) is 19.5 Å². The van der Waals surface area contributed by atoms with Gasteiger partial charge >= 0.3 is 5.97 Å². The fraction of sp³-hybridized carbons (Fsp3) is 0.650. The van der Waals surface area contributed by atoms with E-state index < -0.39 is 29.8 Å². The van der Waals surface area contributed by atoms with Gasteiger partial charge in [0, 0.05) is 4.88 Å². The van der Waals surface area contributed by atoms with Gasteiger partial charge in [0.1, 0.15) is 5.00 Å². The van der Waals surface area contributed by atoms with Crippen LogP contribution in [0.2, 0.25) is 0 Å². The van der Waals surface area contributed by atoms with Crippen molar-refractivity contribution in [2.45, 2.75) is 64.1 Å². The average Bonchev–Trinajstić information content (AvgIpc) is 3.33. The summed E-state index contributed by atoms with van der Waals surface area (Å²) < 4.78 is 5.69. The van der Waals surface area contributed by atoms with Gasteiger partial charge in [-0.15, -0.1) is 11.3 Å². The Kier molecular flexibility index (Phi) is 5.18. The summed E-state index contributed by atoms with van der Waals surface area (Å²) >= 11 is 1.42. The second-order valence-corrected chi connectivity index (χ2v) is 9.24. The number of thiophene rings is 1. The molecule has 1 aliphatic carbocycles. The molecule has 4 N–H and O–H groups in total. The van der Waals surface area contributed by atoms with Gasteiger partial charge in [0.15, 0.2) is 0 Å². The molecule has 152 valence electrons. The summed E-state index contributed by atoms with van der Waals surface area (Å²) in [4.78, 5) is 37.9. The number of aliphatic carboxylic acids is 1. The Morgan fingerprint density at radius 1 is 1.21 bits per heavy atom. The first-order valence-electron chi connectivity index (χ1n) is 10.0. The quantitative estimate of drug-likeness (QED) is 0.671. The van der Waals surface area contributed by atoms with Crippen LogP contribution in [0.5, 0.6) is 0 Å². The van der Waals surface area contributed by atoms with E-state index in [4.69, 9.17) is 10.5 Å². The molecule has 2 saturated heterocycles. The SMILES string of the molecule is CCC[C@@H]1CCc2c(sc(NC(=O)[C@@H]3[C@@H](C(=O)O)[C@H]4CC[C@@H]3O4)c2C(N)=O)C1. The number of ether oxygens (including phenoxy) is 1. The molecule has 8 heteroatoms. The van der Waals surface area contributed by atoms with Gasteiger partial charge in [0.2, 0.25) is 5.91 Å². The van der Waals surface area contributed by atoms with Crippen molar-refractivity contribution in [3.63, 3.8) is 0 Å². The summed E-state index contributed by atoms with van der Waals surface area (Å²) in [5, 5.41) is 12.9. The van der Waals surface area contributed by atoms with Crippen LogP contribution in [0.3, 0.4) is 0 Å². The third-order valence-electron chi connectivity index (χ3n) is 6.41. The van der Waals surface area contributed by atoms with Gasteiger partial charge in [0.05, 0.1) is 29.6 Å². The van der Waals surface area contributed by atoms with E-state index in [-0.39, 0.29) is 12.0 Å². The lowest BCUT2D eigenvalue weighted by atomic mass is 9.78. The fourth-order valence-corrected chi connectivity index (χ4v) is 6.55. The van der Waals surface area contributed by atoms with Gasteiger partial charge in [0.25, 0.3) is 5.91 Å². The first-order chi connectivity index (χ1) is 13.4. The fourth-order valence-electron chi connectivity index (χ4n) is 5.18. The molecule has 0 saturated carbocycles. The van der Waals surface area contributed by atoms with Crippen molar-refractivity contribution >= 4 is 34.1 Å². The molecule has 2 amide bonds. The van der Waals surface area contributed by atoms with E-state index in [1.807, 2.05) is 0 Å². The molecule has 0 spiro atoms. The molecule has 2 aliphatic heterocycles. The molecule has 1 aromatic heterocycles. The van der Waals surface area contributed by atoms with Gasteiger partial charge in [-0.3, -0.25) is 14.4 Å². The number of carbonyl (C=O) groups excluding carboxylic acids is 2. The van der Waals surface area contributed by atoms with E-state index in [1.54, 1.807) is 0 Å². The predicted octanol–water partition coefficient (Wildman–Crippen LogP) is 2.57. The van der Waals surface area contributed by atoms with E-state index >= 15 is 0 Å². The monoisotopic (exact) mass is 406 g/mol. The van der Waals surface area contributed by atoms with Crippen LogP contribution >= 0.6 is 11.3 Å². The first kappa shape index (κ1) is 19.4. The van der Waals surface area contributed by atoms with Gasteiger partial charge in [-0.25, -0.2) is 0 Å². The first-order valence-corrected chi connectivity index (χ1v) is 10.9. The lowest BCUT2D eigenvalue weighted by Gasteiger charge is -2.23. The minimum atomic E-state index is -1.00. The highest BCUT2D eigenvalue weighted by atomic mass is 32.1. The molecule has 2 bridgehead atoms. The molecule has 3 heterocycles. The van der Waals surface area contributed by atoms with Crippen molar-refractivity contribution in [2.75, 3.05) is 5.32 Å². The molecule has 2 fully saturated rings. The largest absolute Gasteiger partial charge is 0.481 e. The number of hydrogen-bond donors (Lipinski definition) is 3. The number of fused-ring (bicyclic) bond motifs is 3. The Labute approximate surface area is 167 Å². The minimum absolute atomic E-state index is 0.369. The lowest BCUT2D eigenvalue weighted by Crippen LogP contribution is -2.41. The van der Waals surface area contributed by atoms with E-state index in [0.717, 1.165) is 42.5 Å². The number of hydrogen-bond acceptors (Lipinski definition) is 5. The second-order valence-electron chi connectivity index (χ2n) is 8.14. The lowest BCUT2D eigenvalue weighted by molar-refractivity contribution is -0.147. The number of anilines is 1. The van der Waals surface area contributed by atoms with E-state index in [2.05, 4.69) is 12.2 Å². The number of nitrogens with two attached hydrogens (primary N) is 1. The molecule has 0 unspecified atom stereocenters. The van der Waals surface area contributed by atoms with Crippen LogP contribution in [0, 0.1) is 17.8 Å². The van der Waals surface area contributed by atoms with Crippen molar-refractivity contribution in [1.29, 1.82) is 0 Å². The molecule has 5 atom stereocenters. The van der Waals surface area contributed by atoms with Crippen LogP contribution in [0.4, 0.5) is 5.00 Å². The van der Waals surface area contributed by atoms with Gasteiger partial charge < -0.3 is 20.9 Å². The number of primary amides is 1. The summed E-state index contributed by atoms with van der Waals surface area (Å²) in [6, 6.07) is 0. The van der Waals surface area contributed by atoms with Crippen LogP contribution in [-0.2, 0) is 27.2 Å². The molecule has 0 radical (unpaired) electrons. The number of amides is 2. The average molecular weight is 407 g/mol. The van der Waals surface area contributed by atoms with Crippen LogP contribution < -0.4 is 11.1 Å². The van der Waals surface area contributed by atoms with Crippen molar-refractivity contribution in [3.8, 4) is 0 Å². The maximum absolute atomic E-state index is 13.0. The molecular weight excluding hydrogens is 380 g/mol. The van der Waals surface area contributed by atoms with Crippen molar-refractivity contribution in [1.82, 2.24) is 0 Å². The summed E-state index contributed by atoms with van der Waals surface area (Å²) in [7, 11) is 0. The number of carboxylic acids is 1. The highest BCUT2D eigenvalue weighted by Gasteiger charge is 2.55. The zero-order chi connectivity index (χ0) is 20.0. The molecule has 28 heavy (non-hydrogen) atoms. The molecule has 3 aliphatic rings. The Hall–Kier alpha value is -1.93. The summed E-state index contributed by atoms with van der Waals surface area (Å²) in [5.41, 5.74) is 7.00. The van der Waals surface area contributed by atoms with Crippen LogP contribution in [-0.4, -0.2) is 35.1 Å². The maximum Gasteiger partial charge on any atom is 0.310 e. The Bertz CT molecular complexity index is 820. The number of nitrogens with one attached hydrogen (secondary N) is 1. The Morgan fingerprint density at radius 3 is 2.57 bits per heavy atom. The third kappa shape index (κ3) is 3.22. The van der Waals surface area contributed by atoms with E-state index in [0.29, 0.717) is 29.3 Å². The zero-order valence-corrected chi connectivity index (χ0v) is 16.7. The number of carbonyl (C=O) groups is 3. The van der Waals surface area contributed by atoms with Crippen molar-refractivity contribution in [2.24, 2.45) is 23.5 Å². The van der Waals surface area contributed by atoms with Gasteiger partial charge in [-0.05, 0) is 43.6 Å². The van der Waals surface area contributed by atoms with Crippen LogP contribution in [0.25, 0.3) is 0 Å². The molecule has 1 aromatic rings. The smallest absolute Gasteiger partial charge is 0.310 e. The second kappa shape index (κ2) is 7.48. The molecule has 4 rings (SSSR count). The van der Waals surface area contributed by atoms with Crippen molar-refractivity contribution in [3.05, 3.63) is 16.0 Å². The van der Waals surface area contributed by atoms with Crippen molar-refractivity contribution < 1.29 is 24.2 Å². The predicted molar refractivity (Wildman–Crippen MR) is 104 cm³/mol. The maximum atomic E-state index is 13.0. The normalized spacial score (nSPS) is 30.8. The number of carboxylic acid groups (broad SMARTS) is 1. The molecule has 7 nitrogen and oxygen atoms in total. The minimum Gasteiger partial charge on any atom is -0.481 e. The highest BCUT2D eigenvalue weighted by molar-refractivity contribution is 7.17. The van der Waals surface area contributed by atoms with Gasteiger partial charge in [-0.1, -0.05) is 19.8 Å². The summed E-state index contributed by atoms with van der Waals surface area (Å²) in [5.74, 6) is -2.90. The summed E-state index contributed by atoms with van der Waals surface area (Å²) in [6.45, 7) is 2.17. The topological polar surface area (TPSA) is 119 Å². The van der Waals surface area contributed by atoms with Gasteiger partial charge in [-0.2, -0.15) is 0 Å². The third-order valence-corrected chi connectivity index (χ3v) is 7.58. The highest BCUT2D eigenvalue weighted by Crippen LogP contribution is 2.45. The zero-order valence-electron chi connectivity index (χ0n) is 15.9. The number of rotatable bonds is 6. The Balaban J connectivity index is 1.59. The standard InChI is InChI=1S/C20H26N2O5S/c1-2-3-9-4-5-10-13(8-9)28-19(14(10)17(21)23)22-18(24)15-11-6-7-12(27-11)16(15)20(25)26/h9,11-12,15-16H,2-8H2,1H3,(H2,21,23)(H,22,24)(H,25,26)/t9-,11+,12-,15+,16+/m1/s1. The molecule has 0 aromatic carbocycles.